The SMILES string of the molecule is COc1ccc2c(c1)CCc1cc(C(=O)O[C@@H](C)C(=O)NC3CCCC3)sc1-2. The third-order valence-corrected chi connectivity index (χ3v) is 6.78. The molecule has 0 aliphatic heterocycles. The molecule has 1 aromatic heterocycles. The van der Waals surface area contributed by atoms with Crippen molar-refractivity contribution in [2.75, 3.05) is 7.11 Å². The van der Waals surface area contributed by atoms with Crippen LogP contribution in [0.25, 0.3) is 10.4 Å². The van der Waals surface area contributed by atoms with Crippen LogP contribution in [0.15, 0.2) is 24.3 Å². The predicted molar refractivity (Wildman–Crippen MR) is 109 cm³/mol. The summed E-state index contributed by atoms with van der Waals surface area (Å²) in [6.45, 7) is 1.64. The summed E-state index contributed by atoms with van der Waals surface area (Å²) in [4.78, 5) is 26.6. The van der Waals surface area contributed by atoms with Gasteiger partial charge < -0.3 is 14.8 Å². The lowest BCUT2D eigenvalue weighted by Gasteiger charge is -2.16. The number of carbonyl (C=O) groups excluding carboxylic acids is 2. The van der Waals surface area contributed by atoms with Crippen LogP contribution in [0.1, 0.15) is 53.4 Å². The van der Waals surface area contributed by atoms with Crippen LogP contribution in [-0.2, 0) is 22.4 Å². The Morgan fingerprint density at radius 2 is 1.89 bits per heavy atom. The van der Waals surface area contributed by atoms with Crippen molar-refractivity contribution in [2.45, 2.75) is 57.6 Å². The summed E-state index contributed by atoms with van der Waals surface area (Å²) in [5.41, 5.74) is 3.55. The molecule has 6 heteroatoms. The largest absolute Gasteiger partial charge is 0.497 e. The number of aryl methyl sites for hydroxylation is 2. The molecule has 1 amide bonds. The highest BCUT2D eigenvalue weighted by atomic mass is 32.1. The Bertz CT molecular complexity index is 898. The molecule has 2 aliphatic rings. The van der Waals surface area contributed by atoms with Crippen molar-refractivity contribution in [3.8, 4) is 16.2 Å². The first-order valence-corrected chi connectivity index (χ1v) is 10.7. The summed E-state index contributed by atoms with van der Waals surface area (Å²) in [6, 6.07) is 8.19. The summed E-state index contributed by atoms with van der Waals surface area (Å²) in [5, 5.41) is 2.98. The van der Waals surface area contributed by atoms with E-state index in [0.717, 1.165) is 60.3 Å². The van der Waals surface area contributed by atoms with Gasteiger partial charge in [-0.1, -0.05) is 12.8 Å². The van der Waals surface area contributed by atoms with E-state index in [9.17, 15) is 9.59 Å². The molecular weight excluding hydrogens is 374 g/mol. The zero-order valence-corrected chi connectivity index (χ0v) is 17.1. The number of carbonyl (C=O) groups is 2. The molecule has 2 aliphatic carbocycles. The molecule has 1 fully saturated rings. The van der Waals surface area contributed by atoms with Gasteiger partial charge in [-0.05, 0) is 73.6 Å². The van der Waals surface area contributed by atoms with E-state index in [1.165, 1.54) is 16.9 Å². The van der Waals surface area contributed by atoms with Gasteiger partial charge in [0.2, 0.25) is 0 Å². The number of fused-ring (bicyclic) bond motifs is 3. The molecular formula is C22H25NO4S. The minimum atomic E-state index is -0.788. The van der Waals surface area contributed by atoms with Crippen LogP contribution in [-0.4, -0.2) is 31.1 Å². The number of hydrogen-bond donors (Lipinski definition) is 1. The van der Waals surface area contributed by atoms with Crippen molar-refractivity contribution in [3.63, 3.8) is 0 Å². The second kappa shape index (κ2) is 7.95. The van der Waals surface area contributed by atoms with E-state index in [0.29, 0.717) is 4.88 Å². The van der Waals surface area contributed by atoms with Gasteiger partial charge in [0, 0.05) is 10.9 Å². The first kappa shape index (κ1) is 19.0. The highest BCUT2D eigenvalue weighted by Gasteiger charge is 2.26. The summed E-state index contributed by atoms with van der Waals surface area (Å²) < 4.78 is 10.8. The van der Waals surface area contributed by atoms with Gasteiger partial charge in [-0.15, -0.1) is 11.3 Å². The number of thiophene rings is 1. The maximum absolute atomic E-state index is 12.6. The van der Waals surface area contributed by atoms with E-state index in [2.05, 4.69) is 17.4 Å². The van der Waals surface area contributed by atoms with Crippen molar-refractivity contribution < 1.29 is 19.1 Å². The van der Waals surface area contributed by atoms with Gasteiger partial charge in [0.25, 0.3) is 5.91 Å². The van der Waals surface area contributed by atoms with Crippen molar-refractivity contribution in [2.24, 2.45) is 0 Å². The van der Waals surface area contributed by atoms with Crippen LogP contribution in [0.5, 0.6) is 5.75 Å². The summed E-state index contributed by atoms with van der Waals surface area (Å²) >= 11 is 1.44. The highest BCUT2D eigenvalue weighted by Crippen LogP contribution is 2.41. The Hall–Kier alpha value is -2.34. The summed E-state index contributed by atoms with van der Waals surface area (Å²) in [6.07, 6.45) is 5.33. The molecule has 0 spiro atoms. The number of methoxy groups -OCH3 is 1. The van der Waals surface area contributed by atoms with Gasteiger partial charge in [0.05, 0.1) is 7.11 Å². The van der Waals surface area contributed by atoms with Crippen LogP contribution < -0.4 is 10.1 Å². The fourth-order valence-electron chi connectivity index (χ4n) is 4.00. The molecule has 0 unspecified atom stereocenters. The lowest BCUT2D eigenvalue weighted by molar-refractivity contribution is -0.129. The van der Waals surface area contributed by atoms with E-state index in [1.807, 2.05) is 12.1 Å². The molecule has 1 saturated carbocycles. The van der Waals surface area contributed by atoms with E-state index < -0.39 is 12.1 Å². The molecule has 148 valence electrons. The van der Waals surface area contributed by atoms with Crippen LogP contribution in [0.4, 0.5) is 0 Å². The highest BCUT2D eigenvalue weighted by molar-refractivity contribution is 7.17. The Balaban J connectivity index is 1.46. The fourth-order valence-corrected chi connectivity index (χ4v) is 5.15. The lowest BCUT2D eigenvalue weighted by atomic mass is 9.91. The van der Waals surface area contributed by atoms with Crippen molar-refractivity contribution in [1.29, 1.82) is 0 Å². The summed E-state index contributed by atoms with van der Waals surface area (Å²) in [7, 11) is 1.67. The van der Waals surface area contributed by atoms with Crippen LogP contribution in [0, 0.1) is 0 Å². The fraction of sp³-hybridized carbons (Fsp3) is 0.455. The topological polar surface area (TPSA) is 64.6 Å². The van der Waals surface area contributed by atoms with Gasteiger partial charge >= 0.3 is 5.97 Å². The van der Waals surface area contributed by atoms with E-state index in [-0.39, 0.29) is 11.9 Å². The monoisotopic (exact) mass is 399 g/mol. The zero-order chi connectivity index (χ0) is 19.7. The normalized spacial score (nSPS) is 16.8. The molecule has 4 rings (SSSR count). The molecule has 0 saturated heterocycles. The lowest BCUT2D eigenvalue weighted by Crippen LogP contribution is -2.40. The maximum atomic E-state index is 12.6. The smallest absolute Gasteiger partial charge is 0.349 e. The second-order valence-electron chi connectivity index (χ2n) is 7.53. The van der Waals surface area contributed by atoms with E-state index >= 15 is 0 Å². The van der Waals surface area contributed by atoms with Crippen molar-refractivity contribution in [1.82, 2.24) is 5.32 Å². The Morgan fingerprint density at radius 3 is 2.64 bits per heavy atom. The first-order chi connectivity index (χ1) is 13.5. The molecule has 1 heterocycles. The standard InChI is InChI=1S/C22H25NO4S/c1-13(21(24)23-16-5-3-4-6-16)27-22(25)19-12-15-8-7-14-11-17(26-2)9-10-18(14)20(15)28-19/h9-13,16H,3-8H2,1-2H3,(H,23,24)/t13-/m0/s1. The Morgan fingerprint density at radius 1 is 1.14 bits per heavy atom. The number of amides is 1. The maximum Gasteiger partial charge on any atom is 0.349 e. The summed E-state index contributed by atoms with van der Waals surface area (Å²) in [5.74, 6) is 0.211. The quantitative estimate of drug-likeness (QED) is 0.768. The number of benzene rings is 1. The molecule has 0 radical (unpaired) electrons. The molecule has 1 aromatic carbocycles. The number of nitrogens with one attached hydrogen (secondary N) is 1. The average Bonchev–Trinajstić information content (AvgIpc) is 3.36. The van der Waals surface area contributed by atoms with E-state index in [1.54, 1.807) is 14.0 Å². The van der Waals surface area contributed by atoms with Gasteiger partial charge in [-0.2, -0.15) is 0 Å². The minimum absolute atomic E-state index is 0.209. The zero-order valence-electron chi connectivity index (χ0n) is 16.2. The molecule has 5 nitrogen and oxygen atoms in total. The molecule has 2 aromatic rings. The van der Waals surface area contributed by atoms with Gasteiger partial charge in [-0.3, -0.25) is 4.79 Å². The van der Waals surface area contributed by atoms with E-state index in [4.69, 9.17) is 9.47 Å². The third-order valence-electron chi connectivity index (χ3n) is 5.59. The molecule has 1 N–H and O–H groups in total. The van der Waals surface area contributed by atoms with Crippen LogP contribution >= 0.6 is 11.3 Å². The Labute approximate surface area is 169 Å². The first-order valence-electron chi connectivity index (χ1n) is 9.86. The second-order valence-corrected chi connectivity index (χ2v) is 8.58. The van der Waals surface area contributed by atoms with Gasteiger partial charge in [0.15, 0.2) is 6.10 Å². The average molecular weight is 400 g/mol. The van der Waals surface area contributed by atoms with Gasteiger partial charge in [0.1, 0.15) is 10.6 Å². The van der Waals surface area contributed by atoms with Gasteiger partial charge in [-0.25, -0.2) is 4.79 Å². The number of rotatable bonds is 5. The number of ether oxygens (including phenoxy) is 2. The van der Waals surface area contributed by atoms with Crippen molar-refractivity contribution in [3.05, 3.63) is 40.3 Å². The van der Waals surface area contributed by atoms with Crippen LogP contribution in [0.2, 0.25) is 0 Å². The number of esters is 1. The van der Waals surface area contributed by atoms with Crippen LogP contribution in [0.3, 0.4) is 0 Å². The van der Waals surface area contributed by atoms with Crippen molar-refractivity contribution >= 4 is 23.2 Å². The Kier molecular flexibility index (Phi) is 5.40. The minimum Gasteiger partial charge on any atom is -0.497 e. The molecule has 28 heavy (non-hydrogen) atoms. The molecule has 0 bridgehead atoms. The predicted octanol–water partition coefficient (Wildman–Crippen LogP) is 4.13. The third kappa shape index (κ3) is 3.78. The molecule has 1 atom stereocenters. The number of hydrogen-bond acceptors (Lipinski definition) is 5.